The minimum absolute atomic E-state index is 0.00469. The number of carbonyl (C=O) groups is 2. The number of nitrogens with one attached hydrogen (secondary N) is 1. The van der Waals surface area contributed by atoms with Gasteiger partial charge in [-0.1, -0.05) is 55.5 Å². The maximum Gasteiger partial charge on any atom is 0.407 e. The molecule has 0 fully saturated rings. The molecule has 4 nitrogen and oxygen atoms in total. The Labute approximate surface area is 145 Å². The van der Waals surface area contributed by atoms with Gasteiger partial charge in [-0.05, 0) is 40.3 Å². The molecule has 2 aromatic rings. The quantitative estimate of drug-likeness (QED) is 0.832. The minimum Gasteiger partial charge on any atom is -0.449 e. The standard InChI is InChI=1S/C19H18ClNO3/c1-2-17(18(20)22)21-19(23)24-11-16-14-9-5-3-7-12(14)13-8-4-6-10-15(13)16/h3-10,16-17H,2,11H2,1H3,(H,21,23). The van der Waals surface area contributed by atoms with Gasteiger partial charge in [-0.3, -0.25) is 4.79 Å². The third-order valence-corrected chi connectivity index (χ3v) is 4.58. The molecule has 0 radical (unpaired) electrons. The van der Waals surface area contributed by atoms with Gasteiger partial charge in [0.1, 0.15) is 12.6 Å². The van der Waals surface area contributed by atoms with Crippen molar-refractivity contribution >= 4 is 22.9 Å². The number of hydrogen-bond acceptors (Lipinski definition) is 3. The largest absolute Gasteiger partial charge is 0.449 e. The van der Waals surface area contributed by atoms with E-state index in [4.69, 9.17) is 16.3 Å². The van der Waals surface area contributed by atoms with E-state index in [1.54, 1.807) is 6.92 Å². The highest BCUT2D eigenvalue weighted by molar-refractivity contribution is 6.64. The van der Waals surface area contributed by atoms with Crippen LogP contribution < -0.4 is 5.32 Å². The summed E-state index contributed by atoms with van der Waals surface area (Å²) in [5.74, 6) is -0.00469. The van der Waals surface area contributed by atoms with E-state index in [9.17, 15) is 9.59 Å². The van der Waals surface area contributed by atoms with Gasteiger partial charge in [0.15, 0.2) is 0 Å². The van der Waals surface area contributed by atoms with Gasteiger partial charge in [0.25, 0.3) is 0 Å². The Hall–Kier alpha value is -2.33. The molecule has 1 aliphatic rings. The fraction of sp³-hybridized carbons (Fsp3) is 0.263. The Morgan fingerprint density at radius 1 is 1.08 bits per heavy atom. The van der Waals surface area contributed by atoms with Crippen molar-refractivity contribution in [3.63, 3.8) is 0 Å². The average Bonchev–Trinajstić information content (AvgIpc) is 2.91. The highest BCUT2D eigenvalue weighted by Crippen LogP contribution is 2.44. The molecule has 3 rings (SSSR count). The van der Waals surface area contributed by atoms with Crippen molar-refractivity contribution in [2.45, 2.75) is 25.3 Å². The summed E-state index contributed by atoms with van der Waals surface area (Å²) in [6.45, 7) is 1.99. The number of fused-ring (bicyclic) bond motifs is 3. The van der Waals surface area contributed by atoms with Gasteiger partial charge < -0.3 is 10.1 Å². The van der Waals surface area contributed by atoms with Gasteiger partial charge >= 0.3 is 6.09 Å². The number of halogens is 1. The van der Waals surface area contributed by atoms with E-state index in [1.807, 2.05) is 24.3 Å². The molecule has 1 aliphatic carbocycles. The van der Waals surface area contributed by atoms with E-state index in [2.05, 4.69) is 29.6 Å². The molecule has 1 amide bonds. The molecular formula is C19H18ClNO3. The molecule has 2 aromatic carbocycles. The molecule has 0 bridgehead atoms. The summed E-state index contributed by atoms with van der Waals surface area (Å²) in [6.07, 6.45) is -0.204. The highest BCUT2D eigenvalue weighted by atomic mass is 35.5. The van der Waals surface area contributed by atoms with Crippen molar-refractivity contribution in [3.05, 3.63) is 59.7 Å². The molecule has 124 valence electrons. The van der Waals surface area contributed by atoms with Gasteiger partial charge in [-0.15, -0.1) is 0 Å². The Morgan fingerprint density at radius 2 is 1.62 bits per heavy atom. The smallest absolute Gasteiger partial charge is 0.407 e. The van der Waals surface area contributed by atoms with Crippen LogP contribution in [0.25, 0.3) is 11.1 Å². The summed E-state index contributed by atoms with van der Waals surface area (Å²) >= 11 is 5.44. The maximum atomic E-state index is 12.0. The number of alkyl carbamates (subject to hydrolysis) is 1. The lowest BCUT2D eigenvalue weighted by Gasteiger charge is -2.16. The van der Waals surface area contributed by atoms with Crippen LogP contribution in [-0.4, -0.2) is 24.0 Å². The monoisotopic (exact) mass is 343 g/mol. The van der Waals surface area contributed by atoms with Gasteiger partial charge in [0.2, 0.25) is 5.24 Å². The van der Waals surface area contributed by atoms with Crippen LogP contribution in [0.4, 0.5) is 4.79 Å². The summed E-state index contributed by atoms with van der Waals surface area (Å²) in [6, 6.07) is 15.5. The van der Waals surface area contributed by atoms with Crippen LogP contribution >= 0.6 is 11.6 Å². The van der Waals surface area contributed by atoms with Gasteiger partial charge in [-0.25, -0.2) is 4.79 Å². The molecule has 1 unspecified atom stereocenters. The van der Waals surface area contributed by atoms with Crippen LogP contribution in [0.3, 0.4) is 0 Å². The second kappa shape index (κ2) is 7.05. The Bertz CT molecular complexity index is 729. The first-order valence-corrected chi connectivity index (χ1v) is 8.30. The summed E-state index contributed by atoms with van der Waals surface area (Å²) in [7, 11) is 0. The number of rotatable bonds is 5. The number of amides is 1. The van der Waals surface area contributed by atoms with Crippen molar-refractivity contribution in [3.8, 4) is 11.1 Å². The number of carbonyl (C=O) groups excluding carboxylic acids is 2. The third kappa shape index (κ3) is 3.15. The van der Waals surface area contributed by atoms with Crippen LogP contribution in [0.2, 0.25) is 0 Å². The van der Waals surface area contributed by atoms with Crippen molar-refractivity contribution in [1.29, 1.82) is 0 Å². The first-order valence-electron chi connectivity index (χ1n) is 7.92. The summed E-state index contributed by atoms with van der Waals surface area (Å²) < 4.78 is 5.36. The molecule has 0 aromatic heterocycles. The molecule has 0 saturated carbocycles. The van der Waals surface area contributed by atoms with Gasteiger partial charge in [0, 0.05) is 5.92 Å². The summed E-state index contributed by atoms with van der Waals surface area (Å²) in [5.41, 5.74) is 4.63. The van der Waals surface area contributed by atoms with E-state index in [0.717, 1.165) is 11.1 Å². The third-order valence-electron chi connectivity index (χ3n) is 4.32. The van der Waals surface area contributed by atoms with Gasteiger partial charge in [0.05, 0.1) is 0 Å². The molecule has 1 N–H and O–H groups in total. The second-order valence-electron chi connectivity index (χ2n) is 5.73. The highest BCUT2D eigenvalue weighted by Gasteiger charge is 2.29. The second-order valence-corrected chi connectivity index (χ2v) is 6.11. The first kappa shape index (κ1) is 16.5. The molecule has 0 saturated heterocycles. The average molecular weight is 344 g/mol. The Morgan fingerprint density at radius 3 is 2.12 bits per heavy atom. The Balaban J connectivity index is 1.74. The SMILES string of the molecule is CCC(NC(=O)OCC1c2ccccc2-c2ccccc21)C(=O)Cl. The normalized spacial score (nSPS) is 13.8. The fourth-order valence-electron chi connectivity index (χ4n) is 3.10. The van der Waals surface area contributed by atoms with E-state index in [-0.39, 0.29) is 12.5 Å². The zero-order chi connectivity index (χ0) is 17.1. The summed E-state index contributed by atoms with van der Waals surface area (Å²) in [4.78, 5) is 23.1. The molecule has 0 aliphatic heterocycles. The van der Waals surface area contributed by atoms with Crippen LogP contribution in [0, 0.1) is 0 Å². The first-order chi connectivity index (χ1) is 11.6. The van der Waals surface area contributed by atoms with E-state index in [0.29, 0.717) is 6.42 Å². The molecule has 0 heterocycles. The van der Waals surface area contributed by atoms with E-state index >= 15 is 0 Å². The summed E-state index contributed by atoms with van der Waals surface area (Å²) in [5, 5.41) is 1.90. The Kier molecular flexibility index (Phi) is 4.86. The maximum absolute atomic E-state index is 12.0. The lowest BCUT2D eigenvalue weighted by Crippen LogP contribution is -2.39. The molecule has 0 spiro atoms. The van der Waals surface area contributed by atoms with Crippen LogP contribution in [0.5, 0.6) is 0 Å². The number of benzene rings is 2. The van der Waals surface area contributed by atoms with E-state index < -0.39 is 17.4 Å². The van der Waals surface area contributed by atoms with Gasteiger partial charge in [-0.2, -0.15) is 0 Å². The van der Waals surface area contributed by atoms with E-state index in [1.165, 1.54) is 11.1 Å². The number of hydrogen-bond donors (Lipinski definition) is 1. The van der Waals surface area contributed by atoms with Crippen LogP contribution in [-0.2, 0) is 9.53 Å². The van der Waals surface area contributed by atoms with Crippen LogP contribution in [0.15, 0.2) is 48.5 Å². The van der Waals surface area contributed by atoms with Crippen molar-refractivity contribution in [2.24, 2.45) is 0 Å². The molecule has 24 heavy (non-hydrogen) atoms. The lowest BCUT2D eigenvalue weighted by atomic mass is 9.98. The lowest BCUT2D eigenvalue weighted by molar-refractivity contribution is -0.113. The molecule has 5 heteroatoms. The predicted octanol–water partition coefficient (Wildman–Crippen LogP) is 4.07. The van der Waals surface area contributed by atoms with Crippen molar-refractivity contribution in [2.75, 3.05) is 6.61 Å². The topological polar surface area (TPSA) is 55.4 Å². The van der Waals surface area contributed by atoms with Crippen LogP contribution in [0.1, 0.15) is 30.4 Å². The predicted molar refractivity (Wildman–Crippen MR) is 93.1 cm³/mol. The zero-order valence-electron chi connectivity index (χ0n) is 13.3. The van der Waals surface area contributed by atoms with Crippen molar-refractivity contribution < 1.29 is 14.3 Å². The zero-order valence-corrected chi connectivity index (χ0v) is 14.0. The molecular weight excluding hydrogens is 326 g/mol. The number of ether oxygens (including phenoxy) is 1. The molecule has 1 atom stereocenters. The fourth-order valence-corrected chi connectivity index (χ4v) is 3.31. The minimum atomic E-state index is -0.720. The van der Waals surface area contributed by atoms with Crippen molar-refractivity contribution in [1.82, 2.24) is 5.32 Å².